The van der Waals surface area contributed by atoms with E-state index in [1.807, 2.05) is 19.4 Å². The van der Waals surface area contributed by atoms with Crippen molar-refractivity contribution in [2.45, 2.75) is 46.0 Å². The first-order chi connectivity index (χ1) is 11.6. The van der Waals surface area contributed by atoms with Crippen LogP contribution in [-0.2, 0) is 19.9 Å². The maximum absolute atomic E-state index is 12.5. The summed E-state index contributed by atoms with van der Waals surface area (Å²) in [5, 5.41) is 0.839. The molecule has 4 heteroatoms. The minimum Gasteiger partial charge on any atom is -0.317 e. The maximum atomic E-state index is 12.5. The molecule has 0 spiro atoms. The summed E-state index contributed by atoms with van der Waals surface area (Å²) in [5.41, 5.74) is 3.36. The van der Waals surface area contributed by atoms with E-state index in [1.54, 1.807) is 15.9 Å². The molecule has 3 nitrogen and oxygen atoms in total. The molecule has 3 rings (SSSR count). The van der Waals surface area contributed by atoms with Gasteiger partial charge in [-0.2, -0.15) is 0 Å². The minimum atomic E-state index is 0.0879. The van der Waals surface area contributed by atoms with Crippen molar-refractivity contribution < 1.29 is 0 Å². The van der Waals surface area contributed by atoms with Gasteiger partial charge in [-0.3, -0.25) is 9.78 Å². The van der Waals surface area contributed by atoms with E-state index in [2.05, 4.69) is 37.0 Å². The number of rotatable bonds is 6. The quantitative estimate of drug-likeness (QED) is 0.595. The fourth-order valence-electron chi connectivity index (χ4n) is 2.97. The molecule has 0 N–H and O–H groups in total. The first kappa shape index (κ1) is 16.9. The summed E-state index contributed by atoms with van der Waals surface area (Å²) in [4.78, 5) is 18.3. The normalized spacial score (nSPS) is 11.3. The Kier molecular flexibility index (Phi) is 5.14. The lowest BCUT2D eigenvalue weighted by molar-refractivity contribution is 0.723. The van der Waals surface area contributed by atoms with Gasteiger partial charge in [0.05, 0.1) is 5.39 Å². The topological polar surface area (TPSA) is 34.9 Å². The number of pyridine rings is 2. The highest BCUT2D eigenvalue weighted by Gasteiger charge is 2.13. The van der Waals surface area contributed by atoms with E-state index in [1.165, 1.54) is 24.1 Å². The van der Waals surface area contributed by atoms with Gasteiger partial charge in [-0.15, -0.1) is 11.3 Å². The van der Waals surface area contributed by atoms with Crippen molar-refractivity contribution in [2.75, 3.05) is 0 Å². The molecule has 0 unspecified atom stereocenters. The highest BCUT2D eigenvalue weighted by molar-refractivity contribution is 7.19. The van der Waals surface area contributed by atoms with Crippen molar-refractivity contribution >= 4 is 21.4 Å². The largest absolute Gasteiger partial charge is 0.317 e. The average molecular weight is 340 g/mol. The zero-order valence-corrected chi connectivity index (χ0v) is 15.4. The fraction of sp³-hybridized carbons (Fsp3) is 0.400. The van der Waals surface area contributed by atoms with Crippen LogP contribution in [0.15, 0.2) is 35.4 Å². The number of nitrogens with zero attached hydrogens (tertiary/aromatic N) is 2. The highest BCUT2D eigenvalue weighted by atomic mass is 32.1. The Labute approximate surface area is 147 Å². The molecule has 0 aromatic carbocycles. The molecule has 0 saturated heterocycles. The fourth-order valence-corrected chi connectivity index (χ4v) is 4.19. The van der Waals surface area contributed by atoms with Gasteiger partial charge in [0.2, 0.25) is 0 Å². The van der Waals surface area contributed by atoms with Crippen LogP contribution in [0.3, 0.4) is 0 Å². The van der Waals surface area contributed by atoms with Crippen LogP contribution in [0.1, 0.15) is 43.7 Å². The number of hydrogen-bond acceptors (Lipinski definition) is 3. The van der Waals surface area contributed by atoms with Crippen LogP contribution in [0.5, 0.6) is 0 Å². The van der Waals surface area contributed by atoms with E-state index < -0.39 is 0 Å². The predicted octanol–water partition coefficient (Wildman–Crippen LogP) is 4.96. The van der Waals surface area contributed by atoms with Crippen molar-refractivity contribution in [3.63, 3.8) is 0 Å². The lowest BCUT2D eigenvalue weighted by atomic mass is 10.1. The Bertz CT molecular complexity index is 890. The minimum absolute atomic E-state index is 0.0879. The molecule has 24 heavy (non-hydrogen) atoms. The second-order valence-corrected chi connectivity index (χ2v) is 7.40. The van der Waals surface area contributed by atoms with Crippen molar-refractivity contribution in [1.82, 2.24) is 9.55 Å². The summed E-state index contributed by atoms with van der Waals surface area (Å²) in [6.45, 7) is 4.32. The predicted molar refractivity (Wildman–Crippen MR) is 103 cm³/mol. The number of aryl methyl sites for hydroxylation is 3. The summed E-state index contributed by atoms with van der Waals surface area (Å²) in [6, 6.07) is 6.28. The summed E-state index contributed by atoms with van der Waals surface area (Å²) in [5.74, 6) is 0. The molecule has 0 saturated carbocycles. The van der Waals surface area contributed by atoms with Gasteiger partial charge in [-0.05, 0) is 31.4 Å². The van der Waals surface area contributed by atoms with E-state index in [4.69, 9.17) is 0 Å². The molecular weight excluding hydrogens is 316 g/mol. The Morgan fingerprint density at radius 2 is 2.04 bits per heavy atom. The van der Waals surface area contributed by atoms with Crippen LogP contribution >= 0.6 is 11.3 Å². The first-order valence-corrected chi connectivity index (χ1v) is 9.53. The Morgan fingerprint density at radius 3 is 2.71 bits per heavy atom. The third kappa shape index (κ3) is 3.29. The number of unbranched alkanes of at least 4 members (excludes halogenated alkanes) is 2. The first-order valence-electron chi connectivity index (χ1n) is 8.71. The smallest absolute Gasteiger partial charge is 0.259 e. The number of fused-ring (bicyclic) bond motifs is 1. The molecule has 0 atom stereocenters. The molecular formula is C20H24N2OS. The van der Waals surface area contributed by atoms with Crippen molar-refractivity contribution in [3.8, 4) is 11.1 Å². The average Bonchev–Trinajstić information content (AvgIpc) is 3.03. The van der Waals surface area contributed by atoms with E-state index in [-0.39, 0.29) is 5.56 Å². The third-order valence-corrected chi connectivity index (χ3v) is 5.65. The lowest BCUT2D eigenvalue weighted by Gasteiger charge is -2.07. The van der Waals surface area contributed by atoms with Crippen molar-refractivity contribution in [1.29, 1.82) is 0 Å². The summed E-state index contributed by atoms with van der Waals surface area (Å²) >= 11 is 1.76. The van der Waals surface area contributed by atoms with Gasteiger partial charge in [-0.25, -0.2) is 0 Å². The van der Waals surface area contributed by atoms with Crippen LogP contribution in [0.4, 0.5) is 0 Å². The lowest BCUT2D eigenvalue weighted by Crippen LogP contribution is -2.15. The molecule has 0 aliphatic rings. The zero-order chi connectivity index (χ0) is 17.1. The summed E-state index contributed by atoms with van der Waals surface area (Å²) < 4.78 is 2.78. The standard InChI is InChI=1S/C20H24N2OS/c1-4-6-7-8-16-11-17-19(24-16)18(13-22(3)20(17)23)14-9-10-15(5-2)21-12-14/h9-13H,4-8H2,1-3H3. The highest BCUT2D eigenvalue weighted by Crippen LogP contribution is 2.33. The molecule has 126 valence electrons. The molecule has 3 aromatic heterocycles. The molecule has 0 radical (unpaired) electrons. The molecule has 0 aliphatic heterocycles. The second-order valence-electron chi connectivity index (χ2n) is 6.26. The molecule has 0 aliphatic carbocycles. The maximum Gasteiger partial charge on any atom is 0.259 e. The van der Waals surface area contributed by atoms with Gasteiger partial charge in [0.1, 0.15) is 0 Å². The van der Waals surface area contributed by atoms with Crippen LogP contribution in [0, 0.1) is 0 Å². The molecule has 3 heterocycles. The molecule has 0 bridgehead atoms. The number of hydrogen-bond donors (Lipinski definition) is 0. The van der Waals surface area contributed by atoms with Crippen LogP contribution in [-0.4, -0.2) is 9.55 Å². The van der Waals surface area contributed by atoms with Gasteiger partial charge < -0.3 is 4.57 Å². The Morgan fingerprint density at radius 1 is 1.21 bits per heavy atom. The van der Waals surface area contributed by atoms with Crippen LogP contribution < -0.4 is 5.56 Å². The van der Waals surface area contributed by atoms with Gasteiger partial charge in [-0.1, -0.05) is 32.8 Å². The Hall–Kier alpha value is -1.94. The monoisotopic (exact) mass is 340 g/mol. The number of thiophene rings is 1. The van der Waals surface area contributed by atoms with Crippen molar-refractivity contribution in [2.24, 2.45) is 7.05 Å². The van der Waals surface area contributed by atoms with Crippen molar-refractivity contribution in [3.05, 3.63) is 51.5 Å². The van der Waals surface area contributed by atoms with Crippen LogP contribution in [0.2, 0.25) is 0 Å². The summed E-state index contributed by atoms with van der Waals surface area (Å²) in [7, 11) is 1.83. The number of aromatic nitrogens is 2. The van der Waals surface area contributed by atoms with E-state index >= 15 is 0 Å². The summed E-state index contributed by atoms with van der Waals surface area (Å²) in [6.07, 6.45) is 9.50. The second kappa shape index (κ2) is 7.31. The van der Waals surface area contributed by atoms with Gasteiger partial charge in [0.25, 0.3) is 5.56 Å². The molecule has 3 aromatic rings. The molecule has 0 fully saturated rings. The van der Waals surface area contributed by atoms with Gasteiger partial charge in [0, 0.05) is 45.8 Å². The third-order valence-electron chi connectivity index (χ3n) is 4.43. The van der Waals surface area contributed by atoms with E-state index in [0.29, 0.717) is 0 Å². The van der Waals surface area contributed by atoms with Gasteiger partial charge in [0.15, 0.2) is 0 Å². The van der Waals surface area contributed by atoms with Gasteiger partial charge >= 0.3 is 0 Å². The SMILES string of the molecule is CCCCCc1cc2c(=O)n(C)cc(-c3ccc(CC)nc3)c2s1. The zero-order valence-electron chi connectivity index (χ0n) is 14.6. The van der Waals surface area contributed by atoms with E-state index in [0.717, 1.165) is 39.7 Å². The van der Waals surface area contributed by atoms with Crippen LogP contribution in [0.25, 0.3) is 21.2 Å². The van der Waals surface area contributed by atoms with E-state index in [9.17, 15) is 4.79 Å². The Balaban J connectivity index is 2.09. The molecule has 0 amide bonds.